The van der Waals surface area contributed by atoms with Crippen LogP contribution in [0.3, 0.4) is 0 Å². The van der Waals surface area contributed by atoms with E-state index in [4.69, 9.17) is 5.11 Å². The zero-order valence-corrected chi connectivity index (χ0v) is 8.82. The summed E-state index contributed by atoms with van der Waals surface area (Å²) >= 11 is 0. The van der Waals surface area contributed by atoms with Crippen molar-refractivity contribution < 1.29 is 19.1 Å². The molecule has 84 valence electrons. The van der Waals surface area contributed by atoms with Gasteiger partial charge in [-0.2, -0.15) is 4.99 Å². The number of carbonyl (C=O) groups excluding carboxylic acids is 1. The molecule has 0 fully saturated rings. The fourth-order valence-corrected chi connectivity index (χ4v) is 1.16. The lowest BCUT2D eigenvalue weighted by atomic mass is 9.85. The van der Waals surface area contributed by atoms with Crippen LogP contribution in [-0.4, -0.2) is 17.2 Å². The van der Waals surface area contributed by atoms with E-state index in [1.54, 1.807) is 0 Å². The maximum absolute atomic E-state index is 13.4. The molecule has 0 saturated carbocycles. The molecular weight excluding hydrogens is 213 g/mol. The van der Waals surface area contributed by atoms with Gasteiger partial charge < -0.3 is 5.11 Å². The minimum atomic E-state index is -1.19. The van der Waals surface area contributed by atoms with Crippen LogP contribution in [0.2, 0.25) is 0 Å². The van der Waals surface area contributed by atoms with Crippen molar-refractivity contribution in [1.82, 2.24) is 0 Å². The third-order valence-corrected chi connectivity index (χ3v) is 2.37. The second kappa shape index (κ2) is 4.24. The molecule has 0 saturated heterocycles. The molecule has 1 N–H and O–H groups in total. The van der Waals surface area contributed by atoms with Crippen molar-refractivity contribution in [1.29, 1.82) is 0 Å². The standard InChI is InChI=1S/C11H10FNO3/c1-11(2,10(15)16)7-3-4-9(13-6-14)8(12)5-7/h3-5H,1-2H3,(H,15,16). The van der Waals surface area contributed by atoms with E-state index in [1.807, 2.05) is 0 Å². The maximum Gasteiger partial charge on any atom is 0.313 e. The quantitative estimate of drug-likeness (QED) is 0.630. The van der Waals surface area contributed by atoms with Crippen molar-refractivity contribution >= 4 is 17.7 Å². The van der Waals surface area contributed by atoms with E-state index in [9.17, 15) is 14.0 Å². The van der Waals surface area contributed by atoms with Crippen LogP contribution in [0.5, 0.6) is 0 Å². The van der Waals surface area contributed by atoms with Crippen LogP contribution in [0.1, 0.15) is 19.4 Å². The largest absolute Gasteiger partial charge is 0.481 e. The van der Waals surface area contributed by atoms with Crippen LogP contribution < -0.4 is 0 Å². The van der Waals surface area contributed by atoms with E-state index in [-0.39, 0.29) is 5.69 Å². The Balaban J connectivity index is 3.25. The highest BCUT2D eigenvalue weighted by atomic mass is 19.1. The van der Waals surface area contributed by atoms with E-state index in [1.165, 1.54) is 32.1 Å². The number of benzene rings is 1. The second-order valence-electron chi connectivity index (χ2n) is 3.80. The van der Waals surface area contributed by atoms with Crippen LogP contribution >= 0.6 is 0 Å². The smallest absolute Gasteiger partial charge is 0.313 e. The molecule has 1 rings (SSSR count). The predicted molar refractivity (Wildman–Crippen MR) is 54.8 cm³/mol. The summed E-state index contributed by atoms with van der Waals surface area (Å²) in [5.74, 6) is -1.80. The van der Waals surface area contributed by atoms with E-state index >= 15 is 0 Å². The van der Waals surface area contributed by atoms with Gasteiger partial charge in [0.25, 0.3) is 0 Å². The van der Waals surface area contributed by atoms with Crippen LogP contribution in [0, 0.1) is 5.82 Å². The molecule has 0 bridgehead atoms. The summed E-state index contributed by atoms with van der Waals surface area (Å²) in [5, 5.41) is 8.95. The lowest BCUT2D eigenvalue weighted by Gasteiger charge is -2.19. The molecule has 0 aliphatic heterocycles. The van der Waals surface area contributed by atoms with Gasteiger partial charge in [0.2, 0.25) is 6.08 Å². The average molecular weight is 223 g/mol. The second-order valence-corrected chi connectivity index (χ2v) is 3.80. The van der Waals surface area contributed by atoms with Crippen molar-refractivity contribution in [2.45, 2.75) is 19.3 Å². The van der Waals surface area contributed by atoms with Crippen molar-refractivity contribution in [2.75, 3.05) is 0 Å². The molecule has 0 aliphatic carbocycles. The monoisotopic (exact) mass is 223 g/mol. The summed E-state index contributed by atoms with van der Waals surface area (Å²) in [6, 6.07) is 3.73. The Morgan fingerprint density at radius 1 is 1.50 bits per heavy atom. The number of carbonyl (C=O) groups is 1. The Hall–Kier alpha value is -2.00. The Morgan fingerprint density at radius 2 is 2.12 bits per heavy atom. The van der Waals surface area contributed by atoms with E-state index in [0.717, 1.165) is 6.07 Å². The van der Waals surface area contributed by atoms with Crippen LogP contribution in [0.4, 0.5) is 10.1 Å². The van der Waals surface area contributed by atoms with Crippen molar-refractivity contribution in [2.24, 2.45) is 4.99 Å². The Morgan fingerprint density at radius 3 is 2.56 bits per heavy atom. The summed E-state index contributed by atoms with van der Waals surface area (Å²) in [7, 11) is 0. The third-order valence-electron chi connectivity index (χ3n) is 2.37. The number of halogens is 1. The zero-order valence-electron chi connectivity index (χ0n) is 8.82. The molecule has 1 aromatic rings. The van der Waals surface area contributed by atoms with Crippen LogP contribution in [0.25, 0.3) is 0 Å². The lowest BCUT2D eigenvalue weighted by molar-refractivity contribution is -0.142. The van der Waals surface area contributed by atoms with Crippen molar-refractivity contribution in [3.8, 4) is 0 Å². The molecule has 0 atom stereocenters. The average Bonchev–Trinajstić information content (AvgIpc) is 2.21. The van der Waals surface area contributed by atoms with Gasteiger partial charge in [0.15, 0.2) is 0 Å². The third kappa shape index (κ3) is 2.15. The molecular formula is C11H10FNO3. The lowest BCUT2D eigenvalue weighted by Crippen LogP contribution is -2.28. The highest BCUT2D eigenvalue weighted by Crippen LogP contribution is 2.27. The summed E-state index contributed by atoms with van der Waals surface area (Å²) in [4.78, 5) is 24.0. The molecule has 0 aromatic heterocycles. The van der Waals surface area contributed by atoms with Gasteiger partial charge in [-0.25, -0.2) is 9.18 Å². The van der Waals surface area contributed by atoms with Gasteiger partial charge in [-0.1, -0.05) is 6.07 Å². The topological polar surface area (TPSA) is 66.7 Å². The van der Waals surface area contributed by atoms with Crippen molar-refractivity contribution in [3.05, 3.63) is 29.6 Å². The molecule has 4 nitrogen and oxygen atoms in total. The van der Waals surface area contributed by atoms with Crippen LogP contribution in [-0.2, 0) is 15.0 Å². The Kier molecular flexibility index (Phi) is 3.20. The number of aliphatic imine (C=N–C) groups is 1. The van der Waals surface area contributed by atoms with Gasteiger partial charge in [-0.15, -0.1) is 0 Å². The minimum absolute atomic E-state index is 0.153. The molecule has 0 radical (unpaired) electrons. The van der Waals surface area contributed by atoms with Crippen molar-refractivity contribution in [3.63, 3.8) is 0 Å². The van der Waals surface area contributed by atoms with Gasteiger partial charge in [-0.05, 0) is 31.5 Å². The SMILES string of the molecule is CC(C)(C(=O)O)c1ccc(N=C=O)c(F)c1. The summed E-state index contributed by atoms with van der Waals surface area (Å²) in [6.07, 6.45) is 1.22. The number of carboxylic acids is 1. The van der Waals surface area contributed by atoms with Gasteiger partial charge in [0.1, 0.15) is 11.5 Å². The molecule has 0 aliphatic rings. The van der Waals surface area contributed by atoms with E-state index in [0.29, 0.717) is 5.56 Å². The Labute approximate surface area is 91.4 Å². The maximum atomic E-state index is 13.4. The highest BCUT2D eigenvalue weighted by Gasteiger charge is 2.30. The summed E-state index contributed by atoms with van der Waals surface area (Å²) in [6.45, 7) is 2.93. The first kappa shape index (κ1) is 12.1. The first-order valence-corrected chi connectivity index (χ1v) is 4.51. The van der Waals surface area contributed by atoms with Gasteiger partial charge in [0, 0.05) is 0 Å². The number of nitrogens with zero attached hydrogens (tertiary/aromatic N) is 1. The van der Waals surface area contributed by atoms with E-state index in [2.05, 4.69) is 4.99 Å². The van der Waals surface area contributed by atoms with Gasteiger partial charge in [-0.3, -0.25) is 4.79 Å². The summed E-state index contributed by atoms with van der Waals surface area (Å²) < 4.78 is 13.4. The molecule has 0 heterocycles. The Bertz CT molecular complexity index is 476. The number of carboxylic acid groups (broad SMARTS) is 1. The first-order valence-electron chi connectivity index (χ1n) is 4.51. The first-order chi connectivity index (χ1) is 7.39. The predicted octanol–water partition coefficient (Wildman–Crippen LogP) is 2.16. The zero-order chi connectivity index (χ0) is 12.3. The van der Waals surface area contributed by atoms with E-state index < -0.39 is 17.2 Å². The number of isocyanates is 1. The molecule has 0 unspecified atom stereocenters. The molecule has 0 amide bonds. The number of hydrogen-bond acceptors (Lipinski definition) is 3. The molecule has 5 heteroatoms. The number of hydrogen-bond donors (Lipinski definition) is 1. The number of aliphatic carboxylic acids is 1. The van der Waals surface area contributed by atoms with Gasteiger partial charge >= 0.3 is 5.97 Å². The highest BCUT2D eigenvalue weighted by molar-refractivity contribution is 5.80. The minimum Gasteiger partial charge on any atom is -0.481 e. The summed E-state index contributed by atoms with van der Waals surface area (Å²) in [5.41, 5.74) is -1.04. The fourth-order valence-electron chi connectivity index (χ4n) is 1.16. The molecule has 0 spiro atoms. The number of rotatable bonds is 3. The normalized spacial score (nSPS) is 10.7. The molecule has 1 aromatic carbocycles. The van der Waals surface area contributed by atoms with Gasteiger partial charge in [0.05, 0.1) is 5.41 Å². The fraction of sp³-hybridized carbons (Fsp3) is 0.273. The van der Waals surface area contributed by atoms with Crippen LogP contribution in [0.15, 0.2) is 23.2 Å². The molecule has 16 heavy (non-hydrogen) atoms.